The zero-order chi connectivity index (χ0) is 31.5. The Bertz CT molecular complexity index is 1560. The van der Waals surface area contributed by atoms with Crippen LogP contribution in [0.1, 0.15) is 50.2 Å². The molecule has 9 nitrogen and oxygen atoms in total. The van der Waals surface area contributed by atoms with Crippen molar-refractivity contribution < 1.29 is 30.8 Å². The van der Waals surface area contributed by atoms with Crippen molar-refractivity contribution in [1.82, 2.24) is 15.3 Å². The molecule has 3 aromatic rings. The number of carbonyl (C=O) groups is 1. The highest BCUT2D eigenvalue weighted by Crippen LogP contribution is 2.38. The van der Waals surface area contributed by atoms with E-state index < -0.39 is 56.5 Å². The van der Waals surface area contributed by atoms with Gasteiger partial charge in [-0.2, -0.15) is 13.2 Å². The van der Waals surface area contributed by atoms with Gasteiger partial charge in [0.05, 0.1) is 22.3 Å². The molecule has 2 aromatic carbocycles. The summed E-state index contributed by atoms with van der Waals surface area (Å²) in [4.78, 5) is 19.7. The number of aromatic nitrogens is 2. The molecule has 5 N–H and O–H groups in total. The maximum atomic E-state index is 15.2. The van der Waals surface area contributed by atoms with E-state index in [0.717, 1.165) is 30.6 Å². The standard InChI is InChI=1S/C28H31ClF4N6O3S/c1-15(2)26(34)27(40)38-23-11-17(16-4-3-5-18(10-16)28(31,32)33)6-7-21(23)37-22-13-20(30)24(12-19(22)29)43(41,42)39-25-8-9-35-14-36-25/h3-5,8-10,12-15,17,21,23,26,37H,6-7,11,34H2,1-2H3,(H,38,40)(H,35,36,39)/t17-,21-,23-,26?/m0/s1. The Morgan fingerprint density at radius 2 is 1.86 bits per heavy atom. The fraction of sp³-hybridized carbons (Fsp3) is 0.393. The van der Waals surface area contributed by atoms with Crippen LogP contribution >= 0.6 is 11.6 Å². The van der Waals surface area contributed by atoms with Crippen molar-refractivity contribution in [3.8, 4) is 0 Å². The molecular weight excluding hydrogens is 612 g/mol. The summed E-state index contributed by atoms with van der Waals surface area (Å²) in [6.07, 6.45) is -0.972. The van der Waals surface area contributed by atoms with Crippen molar-refractivity contribution in [2.75, 3.05) is 10.0 Å². The molecule has 0 bridgehead atoms. The summed E-state index contributed by atoms with van der Waals surface area (Å²) in [5.41, 5.74) is 5.84. The average molecular weight is 643 g/mol. The molecule has 1 fully saturated rings. The Labute approximate surface area is 251 Å². The quantitative estimate of drug-likeness (QED) is 0.232. The number of rotatable bonds is 9. The van der Waals surface area contributed by atoms with E-state index in [-0.39, 0.29) is 34.8 Å². The summed E-state index contributed by atoms with van der Waals surface area (Å²) in [6.45, 7) is 3.56. The monoisotopic (exact) mass is 642 g/mol. The molecule has 15 heteroatoms. The zero-order valence-corrected chi connectivity index (χ0v) is 24.8. The minimum Gasteiger partial charge on any atom is -0.379 e. The topological polar surface area (TPSA) is 139 Å². The minimum absolute atomic E-state index is 0.0663. The van der Waals surface area contributed by atoms with Crippen LogP contribution in [0.25, 0.3) is 0 Å². The van der Waals surface area contributed by atoms with Gasteiger partial charge in [-0.15, -0.1) is 0 Å². The predicted molar refractivity (Wildman–Crippen MR) is 154 cm³/mol. The fourth-order valence-electron chi connectivity index (χ4n) is 4.94. The molecule has 1 aliphatic rings. The second-order valence-electron chi connectivity index (χ2n) is 10.7. The summed E-state index contributed by atoms with van der Waals surface area (Å²) in [5, 5.41) is 5.91. The van der Waals surface area contributed by atoms with Crippen LogP contribution in [0.5, 0.6) is 0 Å². The van der Waals surface area contributed by atoms with Gasteiger partial charge in [0.1, 0.15) is 22.9 Å². The van der Waals surface area contributed by atoms with E-state index in [1.54, 1.807) is 19.9 Å². The first-order chi connectivity index (χ1) is 20.2. The number of halogens is 5. The highest BCUT2D eigenvalue weighted by atomic mass is 35.5. The molecule has 1 aromatic heterocycles. The number of alkyl halides is 3. The number of nitrogens with zero attached hydrogens (tertiary/aromatic N) is 2. The normalized spacial score (nSPS) is 20.0. The predicted octanol–water partition coefficient (Wildman–Crippen LogP) is 5.31. The molecule has 232 valence electrons. The molecule has 0 saturated heterocycles. The Balaban J connectivity index is 1.59. The fourth-order valence-corrected chi connectivity index (χ4v) is 6.32. The van der Waals surface area contributed by atoms with Gasteiger partial charge in [-0.25, -0.2) is 22.8 Å². The summed E-state index contributed by atoms with van der Waals surface area (Å²) < 4.78 is 83.0. The van der Waals surface area contributed by atoms with E-state index in [9.17, 15) is 26.4 Å². The number of amides is 1. The lowest BCUT2D eigenvalue weighted by atomic mass is 9.78. The van der Waals surface area contributed by atoms with Crippen LogP contribution < -0.4 is 21.1 Å². The van der Waals surface area contributed by atoms with Gasteiger partial charge >= 0.3 is 6.18 Å². The van der Waals surface area contributed by atoms with Crippen molar-refractivity contribution >= 4 is 39.0 Å². The largest absolute Gasteiger partial charge is 0.416 e. The van der Waals surface area contributed by atoms with Crippen molar-refractivity contribution in [1.29, 1.82) is 0 Å². The molecule has 43 heavy (non-hydrogen) atoms. The summed E-state index contributed by atoms with van der Waals surface area (Å²) in [7, 11) is -4.39. The van der Waals surface area contributed by atoms with Gasteiger partial charge in [0.2, 0.25) is 5.91 Å². The maximum Gasteiger partial charge on any atom is 0.416 e. The van der Waals surface area contributed by atoms with Gasteiger partial charge in [0, 0.05) is 18.3 Å². The molecule has 1 amide bonds. The molecule has 1 unspecified atom stereocenters. The highest BCUT2D eigenvalue weighted by Gasteiger charge is 2.36. The number of nitrogens with one attached hydrogen (secondary N) is 3. The third kappa shape index (κ3) is 7.92. The molecule has 0 aliphatic heterocycles. The first-order valence-corrected chi connectivity index (χ1v) is 15.3. The number of hydrogen-bond donors (Lipinski definition) is 4. The van der Waals surface area contributed by atoms with Crippen LogP contribution in [0.4, 0.5) is 29.1 Å². The SMILES string of the molecule is CC(C)C(N)C(=O)N[C@H]1C[C@@H](c2cccc(C(F)(F)F)c2)CC[C@@H]1Nc1cc(F)c(S(=O)(=O)Nc2ccncn2)cc1Cl. The van der Waals surface area contributed by atoms with Crippen LogP contribution in [0, 0.1) is 11.7 Å². The van der Waals surface area contributed by atoms with Gasteiger partial charge in [-0.1, -0.05) is 43.6 Å². The first-order valence-electron chi connectivity index (χ1n) is 13.4. The third-order valence-electron chi connectivity index (χ3n) is 7.36. The van der Waals surface area contributed by atoms with E-state index in [2.05, 4.69) is 25.3 Å². The zero-order valence-electron chi connectivity index (χ0n) is 23.2. The molecule has 4 rings (SSSR count). The second-order valence-corrected chi connectivity index (χ2v) is 12.8. The number of sulfonamides is 1. The lowest BCUT2D eigenvalue weighted by Gasteiger charge is -2.38. The molecule has 1 saturated carbocycles. The molecule has 0 spiro atoms. The van der Waals surface area contributed by atoms with E-state index in [1.165, 1.54) is 18.3 Å². The Hall–Kier alpha value is -3.49. The summed E-state index contributed by atoms with van der Waals surface area (Å²) in [5.74, 6) is -2.08. The first kappa shape index (κ1) is 32.4. The van der Waals surface area contributed by atoms with Gasteiger partial charge in [-0.05, 0) is 60.9 Å². The molecule has 4 atom stereocenters. The van der Waals surface area contributed by atoms with Crippen molar-refractivity contribution in [3.05, 3.63) is 77.0 Å². The van der Waals surface area contributed by atoms with E-state index in [4.69, 9.17) is 17.3 Å². The van der Waals surface area contributed by atoms with E-state index >= 15 is 4.39 Å². The molecule has 1 heterocycles. The average Bonchev–Trinajstić information content (AvgIpc) is 2.95. The molecular formula is C28H31ClF4N6O3S. The van der Waals surface area contributed by atoms with E-state index in [1.807, 2.05) is 0 Å². The van der Waals surface area contributed by atoms with Crippen LogP contribution in [0.2, 0.25) is 5.02 Å². The van der Waals surface area contributed by atoms with Crippen LogP contribution in [-0.4, -0.2) is 42.4 Å². The number of carbonyl (C=O) groups excluding carboxylic acids is 1. The maximum absolute atomic E-state index is 15.2. The third-order valence-corrected chi connectivity index (χ3v) is 9.04. The molecule has 1 aliphatic carbocycles. The van der Waals surface area contributed by atoms with Crippen LogP contribution in [0.15, 0.2) is 59.9 Å². The number of hydrogen-bond acceptors (Lipinski definition) is 7. The van der Waals surface area contributed by atoms with Crippen LogP contribution in [-0.2, 0) is 21.0 Å². The van der Waals surface area contributed by atoms with Crippen molar-refractivity contribution in [2.45, 2.75) is 68.2 Å². The van der Waals surface area contributed by atoms with Crippen molar-refractivity contribution in [2.24, 2.45) is 11.7 Å². The van der Waals surface area contributed by atoms with Crippen LogP contribution in [0.3, 0.4) is 0 Å². The van der Waals surface area contributed by atoms with E-state index in [0.29, 0.717) is 18.4 Å². The number of benzene rings is 2. The van der Waals surface area contributed by atoms with Gasteiger partial charge < -0.3 is 16.4 Å². The smallest absolute Gasteiger partial charge is 0.379 e. The Morgan fingerprint density at radius 1 is 1.12 bits per heavy atom. The Kier molecular flexibility index (Phi) is 9.82. The minimum atomic E-state index is -4.50. The van der Waals surface area contributed by atoms with Gasteiger partial charge in [0.15, 0.2) is 0 Å². The number of nitrogens with two attached hydrogens (primary N) is 1. The second kappa shape index (κ2) is 13.0. The van der Waals surface area contributed by atoms with Crippen molar-refractivity contribution in [3.63, 3.8) is 0 Å². The van der Waals surface area contributed by atoms with Gasteiger partial charge in [0.25, 0.3) is 10.0 Å². The summed E-state index contributed by atoms with van der Waals surface area (Å²) >= 11 is 6.40. The van der Waals surface area contributed by atoms with Gasteiger partial charge in [-0.3, -0.25) is 9.52 Å². The lowest BCUT2D eigenvalue weighted by molar-refractivity contribution is -0.137. The summed E-state index contributed by atoms with van der Waals surface area (Å²) in [6, 6.07) is 6.30. The lowest BCUT2D eigenvalue weighted by Crippen LogP contribution is -2.54. The number of anilines is 2. The Morgan fingerprint density at radius 3 is 2.51 bits per heavy atom. The molecule has 0 radical (unpaired) electrons. The highest BCUT2D eigenvalue weighted by molar-refractivity contribution is 7.92.